The Balaban J connectivity index is 2.11. The van der Waals surface area contributed by atoms with Crippen molar-refractivity contribution in [2.45, 2.75) is 0 Å². The second kappa shape index (κ2) is 5.57. The lowest BCUT2D eigenvalue weighted by Crippen LogP contribution is -2.03. The van der Waals surface area contributed by atoms with Crippen molar-refractivity contribution in [3.8, 4) is 11.5 Å². The molecule has 0 atom stereocenters. The summed E-state index contributed by atoms with van der Waals surface area (Å²) in [4.78, 5) is 8.19. The zero-order valence-electron chi connectivity index (χ0n) is 11.8. The highest BCUT2D eigenvalue weighted by Gasteiger charge is 2.11. The first kappa shape index (κ1) is 14.2. The molecule has 0 radical (unpaired) electrons. The van der Waals surface area contributed by atoms with Crippen molar-refractivity contribution in [1.29, 1.82) is 0 Å². The Morgan fingerprint density at radius 2 is 1.91 bits per heavy atom. The summed E-state index contributed by atoms with van der Waals surface area (Å²) in [5.74, 6) is 1.66. The minimum atomic E-state index is 0.118. The van der Waals surface area contributed by atoms with Gasteiger partial charge in [0.05, 0.1) is 16.6 Å². The van der Waals surface area contributed by atoms with E-state index >= 15 is 0 Å². The molecular formula is C15H14ClN5O. The van der Waals surface area contributed by atoms with Gasteiger partial charge in [-0.1, -0.05) is 17.7 Å². The number of aromatic nitrogens is 2. The van der Waals surface area contributed by atoms with Crippen molar-refractivity contribution in [3.05, 3.63) is 41.4 Å². The van der Waals surface area contributed by atoms with Crippen LogP contribution in [0.25, 0.3) is 10.9 Å². The van der Waals surface area contributed by atoms with Gasteiger partial charge in [-0.3, -0.25) is 0 Å². The van der Waals surface area contributed by atoms with Crippen LogP contribution in [-0.4, -0.2) is 17.0 Å². The zero-order valence-corrected chi connectivity index (χ0v) is 12.6. The van der Waals surface area contributed by atoms with Crippen LogP contribution in [0.1, 0.15) is 0 Å². The number of nitrogens with one attached hydrogen (secondary N) is 1. The van der Waals surface area contributed by atoms with Gasteiger partial charge in [0.25, 0.3) is 0 Å². The fourth-order valence-electron chi connectivity index (χ4n) is 2.21. The molecule has 0 saturated carbocycles. The van der Waals surface area contributed by atoms with E-state index in [0.717, 1.165) is 5.69 Å². The normalized spacial score (nSPS) is 10.6. The van der Waals surface area contributed by atoms with Crippen LogP contribution in [-0.2, 0) is 0 Å². The number of hydrogen-bond acceptors (Lipinski definition) is 6. The predicted octanol–water partition coefficient (Wildman–Crippen LogP) is 3.28. The molecule has 1 aromatic heterocycles. The molecular weight excluding hydrogens is 302 g/mol. The Morgan fingerprint density at radius 1 is 1.09 bits per heavy atom. The van der Waals surface area contributed by atoms with Gasteiger partial charge in [-0.25, -0.2) is 4.98 Å². The molecule has 2 aromatic carbocycles. The Hall–Kier alpha value is -2.73. The topological polar surface area (TPSA) is 99.1 Å². The van der Waals surface area contributed by atoms with Crippen LogP contribution in [0.5, 0.6) is 11.5 Å². The molecule has 3 aromatic rings. The molecule has 22 heavy (non-hydrogen) atoms. The Morgan fingerprint density at radius 3 is 2.64 bits per heavy atom. The molecule has 0 amide bonds. The highest BCUT2D eigenvalue weighted by molar-refractivity contribution is 6.30. The molecule has 5 N–H and O–H groups in total. The van der Waals surface area contributed by atoms with Crippen molar-refractivity contribution in [2.24, 2.45) is 0 Å². The van der Waals surface area contributed by atoms with E-state index in [2.05, 4.69) is 15.3 Å². The van der Waals surface area contributed by atoms with Gasteiger partial charge < -0.3 is 21.5 Å². The minimum absolute atomic E-state index is 0.118. The van der Waals surface area contributed by atoms with Crippen LogP contribution in [0.15, 0.2) is 36.4 Å². The lowest BCUT2D eigenvalue weighted by atomic mass is 10.2. The maximum absolute atomic E-state index is 5.96. The van der Waals surface area contributed by atoms with Crippen LogP contribution in [0.4, 0.5) is 17.5 Å². The monoisotopic (exact) mass is 315 g/mol. The third-order valence-corrected chi connectivity index (χ3v) is 3.35. The molecule has 0 aliphatic carbocycles. The van der Waals surface area contributed by atoms with Crippen LogP contribution < -0.4 is 21.5 Å². The fraction of sp³-hybridized carbons (Fsp3) is 0.0667. The smallest absolute Gasteiger partial charge is 0.222 e. The molecule has 0 aliphatic heterocycles. The van der Waals surface area contributed by atoms with Crippen molar-refractivity contribution in [1.82, 2.24) is 9.97 Å². The fourth-order valence-corrected chi connectivity index (χ4v) is 2.39. The van der Waals surface area contributed by atoms with E-state index in [-0.39, 0.29) is 5.95 Å². The standard InChI is InChI=1S/C15H14ClN5O/c1-19-11-6-10(22-9-4-2-3-8(16)5-9)7-12-13(11)14(17)21-15(18)20-12/h2-7,19H,1H3,(H4,17,18,20,21). The molecule has 1 heterocycles. The van der Waals surface area contributed by atoms with E-state index in [9.17, 15) is 0 Å². The van der Waals surface area contributed by atoms with Gasteiger partial charge in [-0.2, -0.15) is 4.98 Å². The number of fused-ring (bicyclic) bond motifs is 1. The highest BCUT2D eigenvalue weighted by Crippen LogP contribution is 2.34. The van der Waals surface area contributed by atoms with Gasteiger partial charge in [-0.05, 0) is 18.2 Å². The van der Waals surface area contributed by atoms with E-state index in [1.165, 1.54) is 0 Å². The van der Waals surface area contributed by atoms with Crippen LogP contribution in [0.2, 0.25) is 5.02 Å². The highest BCUT2D eigenvalue weighted by atomic mass is 35.5. The average molecular weight is 316 g/mol. The molecule has 112 valence electrons. The molecule has 0 spiro atoms. The van der Waals surface area contributed by atoms with Gasteiger partial charge in [0.15, 0.2) is 0 Å². The molecule has 0 unspecified atom stereocenters. The summed E-state index contributed by atoms with van der Waals surface area (Å²) in [5, 5.41) is 4.36. The number of nitrogens with zero attached hydrogens (tertiary/aromatic N) is 2. The second-order valence-electron chi connectivity index (χ2n) is 4.64. The number of rotatable bonds is 3. The zero-order chi connectivity index (χ0) is 15.7. The number of halogens is 1. The largest absolute Gasteiger partial charge is 0.457 e. The third kappa shape index (κ3) is 2.68. The maximum atomic E-state index is 5.96. The van der Waals surface area contributed by atoms with Crippen molar-refractivity contribution < 1.29 is 4.74 Å². The summed E-state index contributed by atoms with van der Waals surface area (Å²) in [6.45, 7) is 0. The van der Waals surface area contributed by atoms with E-state index in [4.69, 9.17) is 27.8 Å². The Bertz CT molecular complexity index is 853. The first-order valence-electron chi connectivity index (χ1n) is 6.55. The molecule has 7 heteroatoms. The van der Waals surface area contributed by atoms with E-state index in [1.807, 2.05) is 18.2 Å². The summed E-state index contributed by atoms with van der Waals surface area (Å²) in [6, 6.07) is 10.7. The van der Waals surface area contributed by atoms with Gasteiger partial charge >= 0.3 is 0 Å². The molecule has 6 nitrogen and oxygen atoms in total. The average Bonchev–Trinajstić information content (AvgIpc) is 2.45. The molecule has 0 fully saturated rings. The third-order valence-electron chi connectivity index (χ3n) is 3.12. The summed E-state index contributed by atoms with van der Waals surface area (Å²) in [5.41, 5.74) is 12.9. The summed E-state index contributed by atoms with van der Waals surface area (Å²) in [6.07, 6.45) is 0. The lowest BCUT2D eigenvalue weighted by molar-refractivity contribution is 0.483. The van der Waals surface area contributed by atoms with Crippen molar-refractivity contribution in [3.63, 3.8) is 0 Å². The first-order chi connectivity index (χ1) is 10.6. The first-order valence-corrected chi connectivity index (χ1v) is 6.92. The number of nitrogen functional groups attached to an aromatic ring is 2. The van der Waals surface area contributed by atoms with Gasteiger partial charge in [0.1, 0.15) is 17.3 Å². The quantitative estimate of drug-likeness (QED) is 0.686. The predicted molar refractivity (Wildman–Crippen MR) is 89.4 cm³/mol. The van der Waals surface area contributed by atoms with E-state index < -0.39 is 0 Å². The molecule has 3 rings (SSSR count). The van der Waals surface area contributed by atoms with Gasteiger partial charge in [-0.15, -0.1) is 0 Å². The van der Waals surface area contributed by atoms with Crippen LogP contribution in [0.3, 0.4) is 0 Å². The van der Waals surface area contributed by atoms with Gasteiger partial charge in [0, 0.05) is 24.2 Å². The number of anilines is 3. The SMILES string of the molecule is CNc1cc(Oc2cccc(Cl)c2)cc2nc(N)nc(N)c12. The minimum Gasteiger partial charge on any atom is -0.457 e. The number of ether oxygens (including phenoxy) is 1. The van der Waals surface area contributed by atoms with E-state index in [0.29, 0.717) is 33.2 Å². The number of nitrogens with two attached hydrogens (primary N) is 2. The molecule has 0 saturated heterocycles. The summed E-state index contributed by atoms with van der Waals surface area (Å²) >= 11 is 5.96. The molecule has 0 bridgehead atoms. The summed E-state index contributed by atoms with van der Waals surface area (Å²) in [7, 11) is 1.79. The second-order valence-corrected chi connectivity index (χ2v) is 5.08. The van der Waals surface area contributed by atoms with Crippen LogP contribution >= 0.6 is 11.6 Å². The Labute approximate surface area is 132 Å². The van der Waals surface area contributed by atoms with Crippen molar-refractivity contribution in [2.75, 3.05) is 23.8 Å². The maximum Gasteiger partial charge on any atom is 0.222 e. The Kier molecular flexibility index (Phi) is 3.60. The van der Waals surface area contributed by atoms with Crippen LogP contribution in [0, 0.1) is 0 Å². The summed E-state index contributed by atoms with van der Waals surface area (Å²) < 4.78 is 5.82. The van der Waals surface area contributed by atoms with E-state index in [1.54, 1.807) is 25.2 Å². The number of hydrogen-bond donors (Lipinski definition) is 3. The van der Waals surface area contributed by atoms with Gasteiger partial charge in [0.2, 0.25) is 5.95 Å². The molecule has 0 aliphatic rings. The number of benzene rings is 2. The lowest BCUT2D eigenvalue weighted by Gasteiger charge is -2.12. The van der Waals surface area contributed by atoms with Crippen molar-refractivity contribution >= 4 is 40.0 Å².